The van der Waals surface area contributed by atoms with E-state index in [1.54, 1.807) is 24.4 Å². The number of amides is 1. The van der Waals surface area contributed by atoms with Gasteiger partial charge in [0.15, 0.2) is 5.69 Å². The van der Waals surface area contributed by atoms with Gasteiger partial charge in [0.2, 0.25) is 0 Å². The highest BCUT2D eigenvalue weighted by Crippen LogP contribution is 2.20. The number of fused-ring (bicyclic) bond motifs is 1. The van der Waals surface area contributed by atoms with Crippen LogP contribution in [0.5, 0.6) is 0 Å². The number of nitrogens with zero attached hydrogens (tertiary/aromatic N) is 5. The summed E-state index contributed by atoms with van der Waals surface area (Å²) in [6.45, 7) is 2.70. The van der Waals surface area contributed by atoms with Gasteiger partial charge in [0.1, 0.15) is 5.82 Å². The van der Waals surface area contributed by atoms with Crippen molar-refractivity contribution < 1.29 is 13.9 Å². The summed E-state index contributed by atoms with van der Waals surface area (Å²) < 4.78 is 20.1. The quantitative estimate of drug-likeness (QED) is 0.649. The van der Waals surface area contributed by atoms with Crippen LogP contribution in [0.1, 0.15) is 16.1 Å². The molecule has 0 spiro atoms. The maximum Gasteiger partial charge on any atom is 0.275 e. The molecular formula is C21H22FN5O3. The van der Waals surface area contributed by atoms with E-state index in [1.165, 1.54) is 25.2 Å². The molecule has 156 valence electrons. The maximum atomic E-state index is 13.8. The number of aromatic nitrogens is 3. The third kappa shape index (κ3) is 3.76. The molecule has 0 saturated carbocycles. The first kappa shape index (κ1) is 20.0. The zero-order valence-electron chi connectivity index (χ0n) is 16.8. The second kappa shape index (κ2) is 8.19. The van der Waals surface area contributed by atoms with Crippen LogP contribution < -0.4 is 10.5 Å². The van der Waals surface area contributed by atoms with Crippen LogP contribution >= 0.6 is 0 Å². The molecule has 1 aliphatic rings. The average Bonchev–Trinajstić information content (AvgIpc) is 2.76. The number of carbonyl (C=O) groups excluding carboxylic acids is 1. The lowest BCUT2D eigenvalue weighted by molar-refractivity contribution is 0.0740. The molecule has 3 aromatic rings. The Morgan fingerprint density at radius 3 is 2.63 bits per heavy atom. The molecule has 1 amide bonds. The molecule has 0 unspecified atom stereocenters. The summed E-state index contributed by atoms with van der Waals surface area (Å²) in [4.78, 5) is 33.5. The summed E-state index contributed by atoms with van der Waals surface area (Å²) in [5.74, 6) is -0.827. The third-order valence-corrected chi connectivity index (χ3v) is 5.24. The summed E-state index contributed by atoms with van der Waals surface area (Å²) in [6.07, 6.45) is 3.56. The van der Waals surface area contributed by atoms with Gasteiger partial charge >= 0.3 is 0 Å². The van der Waals surface area contributed by atoms with Crippen LogP contribution in [-0.4, -0.2) is 58.9 Å². The Hall–Kier alpha value is -3.33. The van der Waals surface area contributed by atoms with E-state index in [9.17, 15) is 14.0 Å². The van der Waals surface area contributed by atoms with E-state index >= 15 is 0 Å². The van der Waals surface area contributed by atoms with Crippen molar-refractivity contribution in [3.8, 4) is 0 Å². The second-order valence-electron chi connectivity index (χ2n) is 7.23. The van der Waals surface area contributed by atoms with Gasteiger partial charge < -0.3 is 14.5 Å². The van der Waals surface area contributed by atoms with E-state index in [1.807, 2.05) is 6.07 Å². The number of piperazine rings is 1. The Bertz CT molecular complexity index is 1160. The standard InChI is InChI=1S/C21H22FN5O3/c1-25-20(28)17-4-3-15(22)10-18(17)19(24-25)21(29)27-7-5-26(6-8-27)16-9-14(13-30-2)11-23-12-16/h3-4,9-12H,5-8,13H2,1-2H3. The Labute approximate surface area is 172 Å². The van der Waals surface area contributed by atoms with Crippen molar-refractivity contribution in [2.24, 2.45) is 7.05 Å². The van der Waals surface area contributed by atoms with Crippen molar-refractivity contribution in [3.05, 3.63) is 64.1 Å². The molecule has 0 aliphatic carbocycles. The number of carbonyl (C=O) groups is 1. The van der Waals surface area contributed by atoms with Gasteiger partial charge in [-0.1, -0.05) is 0 Å². The average molecular weight is 411 g/mol. The number of pyridine rings is 1. The number of hydrogen-bond donors (Lipinski definition) is 0. The van der Waals surface area contributed by atoms with E-state index in [4.69, 9.17) is 4.74 Å². The summed E-state index contributed by atoms with van der Waals surface area (Å²) >= 11 is 0. The topological polar surface area (TPSA) is 80.6 Å². The van der Waals surface area contributed by atoms with Crippen LogP contribution in [0.2, 0.25) is 0 Å². The lowest BCUT2D eigenvalue weighted by Gasteiger charge is -2.36. The fourth-order valence-electron chi connectivity index (χ4n) is 3.69. The highest BCUT2D eigenvalue weighted by atomic mass is 19.1. The van der Waals surface area contributed by atoms with Crippen LogP contribution in [0, 0.1) is 5.82 Å². The first-order chi connectivity index (χ1) is 14.5. The van der Waals surface area contributed by atoms with Crippen molar-refractivity contribution in [1.29, 1.82) is 0 Å². The molecule has 1 saturated heterocycles. The van der Waals surface area contributed by atoms with Crippen LogP contribution in [0.15, 0.2) is 41.5 Å². The highest BCUT2D eigenvalue weighted by Gasteiger charge is 2.26. The number of aryl methyl sites for hydroxylation is 1. The zero-order valence-corrected chi connectivity index (χ0v) is 16.8. The van der Waals surface area contributed by atoms with Crippen molar-refractivity contribution in [3.63, 3.8) is 0 Å². The molecule has 1 aromatic carbocycles. The van der Waals surface area contributed by atoms with Gasteiger partial charge in [-0.05, 0) is 29.8 Å². The summed E-state index contributed by atoms with van der Waals surface area (Å²) in [5.41, 5.74) is 1.68. The van der Waals surface area contributed by atoms with Gasteiger partial charge in [-0.25, -0.2) is 9.07 Å². The number of halogens is 1. The number of methoxy groups -OCH3 is 1. The van der Waals surface area contributed by atoms with Gasteiger partial charge in [-0.3, -0.25) is 14.6 Å². The van der Waals surface area contributed by atoms with E-state index < -0.39 is 5.82 Å². The Balaban J connectivity index is 1.55. The van der Waals surface area contributed by atoms with Gasteiger partial charge in [0.25, 0.3) is 11.5 Å². The summed E-state index contributed by atoms with van der Waals surface area (Å²) in [6, 6.07) is 5.82. The molecule has 0 radical (unpaired) electrons. The number of hydrogen-bond acceptors (Lipinski definition) is 6. The van der Waals surface area contributed by atoms with Gasteiger partial charge in [-0.15, -0.1) is 0 Å². The molecule has 1 aliphatic heterocycles. The number of ether oxygens (including phenoxy) is 1. The van der Waals surface area contributed by atoms with Crippen LogP contribution in [0.25, 0.3) is 10.8 Å². The summed E-state index contributed by atoms with van der Waals surface area (Å²) in [7, 11) is 3.12. The largest absolute Gasteiger partial charge is 0.380 e. The smallest absolute Gasteiger partial charge is 0.275 e. The normalized spacial score (nSPS) is 14.4. The van der Waals surface area contributed by atoms with Crippen LogP contribution in [-0.2, 0) is 18.4 Å². The SMILES string of the molecule is COCc1cncc(N2CCN(C(=O)c3nn(C)c(=O)c4ccc(F)cc34)CC2)c1. The van der Waals surface area contributed by atoms with Crippen molar-refractivity contribution in [2.75, 3.05) is 38.2 Å². The molecule has 9 heteroatoms. The minimum absolute atomic E-state index is 0.0869. The molecule has 1 fully saturated rings. The van der Waals surface area contributed by atoms with Crippen LogP contribution in [0.3, 0.4) is 0 Å². The Morgan fingerprint density at radius 2 is 1.90 bits per heavy atom. The molecule has 4 rings (SSSR count). The number of anilines is 1. The first-order valence-corrected chi connectivity index (χ1v) is 9.61. The molecule has 0 atom stereocenters. The van der Waals surface area contributed by atoms with E-state index in [0.29, 0.717) is 32.8 Å². The summed E-state index contributed by atoms with van der Waals surface area (Å²) in [5, 5.41) is 4.65. The molecule has 8 nitrogen and oxygen atoms in total. The minimum Gasteiger partial charge on any atom is -0.380 e. The fourth-order valence-corrected chi connectivity index (χ4v) is 3.69. The monoisotopic (exact) mass is 411 g/mol. The molecule has 0 bridgehead atoms. The van der Waals surface area contributed by atoms with Crippen molar-refractivity contribution in [2.45, 2.75) is 6.61 Å². The fraction of sp³-hybridized carbons (Fsp3) is 0.333. The van der Waals surface area contributed by atoms with Crippen molar-refractivity contribution >= 4 is 22.4 Å². The molecule has 3 heterocycles. The van der Waals surface area contributed by atoms with Gasteiger partial charge in [0.05, 0.1) is 23.9 Å². The van der Waals surface area contributed by atoms with E-state index in [0.717, 1.165) is 15.9 Å². The lowest BCUT2D eigenvalue weighted by atomic mass is 10.1. The molecule has 2 aromatic heterocycles. The second-order valence-corrected chi connectivity index (χ2v) is 7.23. The molecular weight excluding hydrogens is 389 g/mol. The van der Waals surface area contributed by atoms with E-state index in [-0.39, 0.29) is 27.9 Å². The highest BCUT2D eigenvalue weighted by molar-refractivity contribution is 6.04. The maximum absolute atomic E-state index is 13.8. The van der Waals surface area contributed by atoms with Crippen LogP contribution in [0.4, 0.5) is 10.1 Å². The van der Waals surface area contributed by atoms with Gasteiger partial charge in [0, 0.05) is 51.9 Å². The number of rotatable bonds is 4. The van der Waals surface area contributed by atoms with Gasteiger partial charge in [-0.2, -0.15) is 5.10 Å². The predicted molar refractivity (Wildman–Crippen MR) is 110 cm³/mol. The first-order valence-electron chi connectivity index (χ1n) is 9.61. The molecule has 0 N–H and O–H groups in total. The van der Waals surface area contributed by atoms with E-state index in [2.05, 4.69) is 15.0 Å². The third-order valence-electron chi connectivity index (χ3n) is 5.24. The van der Waals surface area contributed by atoms with Crippen molar-refractivity contribution in [1.82, 2.24) is 19.7 Å². The lowest BCUT2D eigenvalue weighted by Crippen LogP contribution is -2.49. The predicted octanol–water partition coefficient (Wildman–Crippen LogP) is 1.58. The zero-order chi connectivity index (χ0) is 21.3. The Morgan fingerprint density at radius 1 is 1.13 bits per heavy atom. The number of benzene rings is 1. The Kier molecular flexibility index (Phi) is 5.45. The minimum atomic E-state index is -0.514. The molecule has 30 heavy (non-hydrogen) atoms.